The third-order valence-corrected chi connectivity index (χ3v) is 3.61. The first-order chi connectivity index (χ1) is 9.50. The molecule has 1 unspecified atom stereocenters. The molecule has 0 aromatic heterocycles. The zero-order valence-electron chi connectivity index (χ0n) is 11.9. The fraction of sp³-hybridized carbons (Fsp3) is 0.533. The maximum atomic E-state index is 11.7. The van der Waals surface area contributed by atoms with Crippen LogP contribution in [0.15, 0.2) is 18.2 Å². The molecule has 5 nitrogen and oxygen atoms in total. The molecule has 0 saturated carbocycles. The summed E-state index contributed by atoms with van der Waals surface area (Å²) in [6.07, 6.45) is 0.547. The first-order valence-corrected chi connectivity index (χ1v) is 6.76. The van der Waals surface area contributed by atoms with Crippen LogP contribution < -0.4 is 10.1 Å². The van der Waals surface area contributed by atoms with Crippen molar-refractivity contribution in [2.75, 3.05) is 26.4 Å². The fourth-order valence-corrected chi connectivity index (χ4v) is 2.07. The third kappa shape index (κ3) is 3.71. The molecule has 1 saturated heterocycles. The van der Waals surface area contributed by atoms with Crippen molar-refractivity contribution in [1.82, 2.24) is 5.32 Å². The van der Waals surface area contributed by atoms with Crippen LogP contribution in [-0.4, -0.2) is 43.0 Å². The van der Waals surface area contributed by atoms with Gasteiger partial charge in [0.25, 0.3) is 5.91 Å². The first kappa shape index (κ1) is 14.8. The van der Waals surface area contributed by atoms with Gasteiger partial charge in [-0.15, -0.1) is 0 Å². The van der Waals surface area contributed by atoms with Gasteiger partial charge in [0.1, 0.15) is 11.4 Å². The first-order valence-electron chi connectivity index (χ1n) is 6.76. The van der Waals surface area contributed by atoms with E-state index < -0.39 is 5.60 Å². The summed E-state index contributed by atoms with van der Waals surface area (Å²) in [5.41, 5.74) is 1.22. The second-order valence-electron chi connectivity index (χ2n) is 5.29. The second kappa shape index (κ2) is 6.24. The van der Waals surface area contributed by atoms with Crippen LogP contribution in [0, 0.1) is 13.8 Å². The summed E-state index contributed by atoms with van der Waals surface area (Å²) in [5, 5.41) is 12.7. The molecule has 0 spiro atoms. The zero-order chi connectivity index (χ0) is 14.6. The fourth-order valence-electron chi connectivity index (χ4n) is 2.07. The SMILES string of the molecule is Cc1cccc(OCC(=O)NCC2(O)CCOC2)c1C. The highest BCUT2D eigenvalue weighted by Gasteiger charge is 2.32. The second-order valence-corrected chi connectivity index (χ2v) is 5.29. The molecule has 1 amide bonds. The molecule has 1 fully saturated rings. The molecule has 1 aromatic carbocycles. The van der Waals surface area contributed by atoms with Crippen molar-refractivity contribution in [3.8, 4) is 5.75 Å². The lowest BCUT2D eigenvalue weighted by Crippen LogP contribution is -2.44. The molecule has 0 bridgehead atoms. The van der Waals surface area contributed by atoms with Crippen molar-refractivity contribution in [1.29, 1.82) is 0 Å². The molecular formula is C15H21NO4. The molecular weight excluding hydrogens is 258 g/mol. The van der Waals surface area contributed by atoms with E-state index in [-0.39, 0.29) is 25.7 Å². The number of ether oxygens (including phenoxy) is 2. The zero-order valence-corrected chi connectivity index (χ0v) is 11.9. The van der Waals surface area contributed by atoms with Gasteiger partial charge >= 0.3 is 0 Å². The lowest BCUT2D eigenvalue weighted by Gasteiger charge is -2.20. The van der Waals surface area contributed by atoms with Crippen LogP contribution in [0.25, 0.3) is 0 Å². The van der Waals surface area contributed by atoms with E-state index in [9.17, 15) is 9.90 Å². The Kier molecular flexibility index (Phi) is 4.62. The van der Waals surface area contributed by atoms with Crippen molar-refractivity contribution in [3.63, 3.8) is 0 Å². The lowest BCUT2D eigenvalue weighted by atomic mass is 10.0. The number of aryl methyl sites for hydroxylation is 1. The van der Waals surface area contributed by atoms with E-state index in [1.807, 2.05) is 32.0 Å². The van der Waals surface area contributed by atoms with E-state index in [1.54, 1.807) is 0 Å². The Hall–Kier alpha value is -1.59. The van der Waals surface area contributed by atoms with Gasteiger partial charge in [0.05, 0.1) is 6.61 Å². The number of benzene rings is 1. The Bertz CT molecular complexity index is 481. The lowest BCUT2D eigenvalue weighted by molar-refractivity contribution is -0.124. The molecule has 1 aliphatic rings. The normalized spacial score (nSPS) is 21.8. The molecule has 5 heteroatoms. The van der Waals surface area contributed by atoms with Gasteiger partial charge in [0.15, 0.2) is 6.61 Å². The minimum atomic E-state index is -0.936. The van der Waals surface area contributed by atoms with Crippen LogP contribution in [0.2, 0.25) is 0 Å². The van der Waals surface area contributed by atoms with Crippen molar-refractivity contribution in [2.45, 2.75) is 25.9 Å². The number of carbonyl (C=O) groups excluding carboxylic acids is 1. The smallest absolute Gasteiger partial charge is 0.258 e. The summed E-state index contributed by atoms with van der Waals surface area (Å²) in [5.74, 6) is 0.467. The Morgan fingerprint density at radius 2 is 2.30 bits per heavy atom. The maximum absolute atomic E-state index is 11.7. The van der Waals surface area contributed by atoms with Gasteiger partial charge in [-0.25, -0.2) is 0 Å². The predicted octanol–water partition coefficient (Wildman–Crippen LogP) is 0.950. The topological polar surface area (TPSA) is 67.8 Å². The number of hydrogen-bond donors (Lipinski definition) is 2. The van der Waals surface area contributed by atoms with Crippen LogP contribution >= 0.6 is 0 Å². The number of rotatable bonds is 5. The minimum absolute atomic E-state index is 0.0543. The van der Waals surface area contributed by atoms with Gasteiger partial charge in [0.2, 0.25) is 0 Å². The van der Waals surface area contributed by atoms with E-state index in [0.29, 0.717) is 18.8 Å². The largest absolute Gasteiger partial charge is 0.483 e. The molecule has 1 atom stereocenters. The van der Waals surface area contributed by atoms with Crippen molar-refractivity contribution < 1.29 is 19.4 Å². The Morgan fingerprint density at radius 1 is 1.50 bits per heavy atom. The minimum Gasteiger partial charge on any atom is -0.483 e. The van der Waals surface area contributed by atoms with E-state index in [2.05, 4.69) is 5.32 Å². The number of nitrogens with one attached hydrogen (secondary N) is 1. The monoisotopic (exact) mass is 279 g/mol. The standard InChI is InChI=1S/C15H21NO4/c1-11-4-3-5-13(12(11)2)20-8-14(17)16-9-15(18)6-7-19-10-15/h3-5,18H,6-10H2,1-2H3,(H,16,17). The molecule has 110 valence electrons. The van der Waals surface area contributed by atoms with Gasteiger partial charge in [0, 0.05) is 19.6 Å². The van der Waals surface area contributed by atoms with Crippen LogP contribution in [0.4, 0.5) is 0 Å². The molecule has 20 heavy (non-hydrogen) atoms. The highest BCUT2D eigenvalue weighted by molar-refractivity contribution is 5.77. The molecule has 1 aromatic rings. The van der Waals surface area contributed by atoms with Crippen molar-refractivity contribution in [2.24, 2.45) is 0 Å². The van der Waals surface area contributed by atoms with Crippen LogP contribution in [-0.2, 0) is 9.53 Å². The number of amides is 1. The average molecular weight is 279 g/mol. The number of aliphatic hydroxyl groups is 1. The van der Waals surface area contributed by atoms with E-state index in [0.717, 1.165) is 11.1 Å². The van der Waals surface area contributed by atoms with Gasteiger partial charge < -0.3 is 19.9 Å². The molecule has 2 N–H and O–H groups in total. The average Bonchev–Trinajstić information content (AvgIpc) is 2.86. The van der Waals surface area contributed by atoms with Gasteiger partial charge in [-0.1, -0.05) is 12.1 Å². The van der Waals surface area contributed by atoms with E-state index >= 15 is 0 Å². The molecule has 1 heterocycles. The number of carbonyl (C=O) groups is 1. The quantitative estimate of drug-likeness (QED) is 0.842. The summed E-state index contributed by atoms with van der Waals surface area (Å²) in [6.45, 7) is 4.90. The third-order valence-electron chi connectivity index (χ3n) is 3.61. The Morgan fingerprint density at radius 3 is 3.00 bits per heavy atom. The highest BCUT2D eigenvalue weighted by atomic mass is 16.5. The van der Waals surface area contributed by atoms with Crippen LogP contribution in [0.1, 0.15) is 17.5 Å². The number of hydrogen-bond acceptors (Lipinski definition) is 4. The van der Waals surface area contributed by atoms with Gasteiger partial charge in [-0.2, -0.15) is 0 Å². The van der Waals surface area contributed by atoms with E-state index in [4.69, 9.17) is 9.47 Å². The van der Waals surface area contributed by atoms with E-state index in [1.165, 1.54) is 0 Å². The maximum Gasteiger partial charge on any atom is 0.258 e. The summed E-state index contributed by atoms with van der Waals surface area (Å²) in [7, 11) is 0. The van der Waals surface area contributed by atoms with Crippen molar-refractivity contribution >= 4 is 5.91 Å². The Balaban J connectivity index is 1.79. The highest BCUT2D eigenvalue weighted by Crippen LogP contribution is 2.20. The van der Waals surface area contributed by atoms with Crippen LogP contribution in [0.3, 0.4) is 0 Å². The summed E-state index contributed by atoms with van der Waals surface area (Å²) < 4.78 is 10.6. The predicted molar refractivity (Wildman–Crippen MR) is 74.8 cm³/mol. The Labute approximate surface area is 118 Å². The molecule has 1 aliphatic heterocycles. The van der Waals surface area contributed by atoms with Crippen molar-refractivity contribution in [3.05, 3.63) is 29.3 Å². The van der Waals surface area contributed by atoms with Gasteiger partial charge in [-0.05, 0) is 31.0 Å². The molecule has 0 radical (unpaired) electrons. The van der Waals surface area contributed by atoms with Gasteiger partial charge in [-0.3, -0.25) is 4.79 Å². The van der Waals surface area contributed by atoms with Crippen LogP contribution in [0.5, 0.6) is 5.75 Å². The summed E-state index contributed by atoms with van der Waals surface area (Å²) >= 11 is 0. The molecule has 2 rings (SSSR count). The molecule has 0 aliphatic carbocycles. The summed E-state index contributed by atoms with van der Waals surface area (Å²) in [4.78, 5) is 11.7. The summed E-state index contributed by atoms with van der Waals surface area (Å²) in [6, 6.07) is 5.74.